The minimum Gasteiger partial charge on any atom is -0.314 e. The van der Waals surface area contributed by atoms with E-state index in [2.05, 4.69) is 22.2 Å². The van der Waals surface area contributed by atoms with Gasteiger partial charge in [-0.25, -0.2) is 8.42 Å². The summed E-state index contributed by atoms with van der Waals surface area (Å²) >= 11 is 0. The van der Waals surface area contributed by atoms with E-state index in [4.69, 9.17) is 0 Å². The van der Waals surface area contributed by atoms with Gasteiger partial charge < -0.3 is 10.2 Å². The van der Waals surface area contributed by atoms with E-state index in [1.807, 2.05) is 0 Å². The number of nitrogens with zero attached hydrogens (tertiary/aromatic N) is 2. The molecule has 5 nitrogen and oxygen atoms in total. The Morgan fingerprint density at radius 2 is 1.89 bits per heavy atom. The van der Waals surface area contributed by atoms with E-state index in [0.717, 1.165) is 52.2 Å². The maximum atomic E-state index is 11.4. The standard InChI is InChI=1S/C12H27N3O2S/c1-3-18(16,17)12-4-7-14(2)10-11-15-8-5-13-6-9-15/h13H,3-12H2,1-2H3. The molecule has 0 radical (unpaired) electrons. The Morgan fingerprint density at radius 3 is 2.50 bits per heavy atom. The van der Waals surface area contributed by atoms with E-state index in [1.54, 1.807) is 6.92 Å². The van der Waals surface area contributed by atoms with E-state index in [-0.39, 0.29) is 5.75 Å². The van der Waals surface area contributed by atoms with E-state index >= 15 is 0 Å². The van der Waals surface area contributed by atoms with Crippen LogP contribution in [0, 0.1) is 0 Å². The summed E-state index contributed by atoms with van der Waals surface area (Å²) in [6.07, 6.45) is 0.744. The second-order valence-electron chi connectivity index (χ2n) is 4.98. The number of hydrogen-bond acceptors (Lipinski definition) is 5. The van der Waals surface area contributed by atoms with Crippen molar-refractivity contribution < 1.29 is 8.42 Å². The largest absolute Gasteiger partial charge is 0.314 e. The summed E-state index contributed by atoms with van der Waals surface area (Å²) in [4.78, 5) is 4.68. The highest BCUT2D eigenvalue weighted by Crippen LogP contribution is 1.97. The van der Waals surface area contributed by atoms with Crippen LogP contribution in [0.5, 0.6) is 0 Å². The smallest absolute Gasteiger partial charge is 0.150 e. The molecule has 1 saturated heterocycles. The topological polar surface area (TPSA) is 52.7 Å². The molecule has 1 rings (SSSR count). The van der Waals surface area contributed by atoms with Gasteiger partial charge in [0.25, 0.3) is 0 Å². The van der Waals surface area contributed by atoms with Gasteiger partial charge in [0.2, 0.25) is 0 Å². The van der Waals surface area contributed by atoms with E-state index in [1.165, 1.54) is 0 Å². The molecule has 0 atom stereocenters. The lowest BCUT2D eigenvalue weighted by atomic mass is 10.3. The Morgan fingerprint density at radius 1 is 1.22 bits per heavy atom. The number of nitrogens with one attached hydrogen (secondary N) is 1. The van der Waals surface area contributed by atoms with Crippen molar-refractivity contribution in [3.63, 3.8) is 0 Å². The van der Waals surface area contributed by atoms with Gasteiger partial charge in [-0.15, -0.1) is 0 Å². The highest BCUT2D eigenvalue weighted by Gasteiger charge is 2.11. The third-order valence-corrected chi connectivity index (χ3v) is 5.23. The van der Waals surface area contributed by atoms with Crippen LogP contribution < -0.4 is 5.32 Å². The van der Waals surface area contributed by atoms with Gasteiger partial charge in [-0.2, -0.15) is 0 Å². The zero-order valence-electron chi connectivity index (χ0n) is 11.7. The van der Waals surface area contributed by atoms with Gasteiger partial charge in [0, 0.05) is 45.0 Å². The minimum atomic E-state index is -2.80. The number of piperazine rings is 1. The summed E-state index contributed by atoms with van der Waals surface area (Å²) in [5, 5.41) is 3.34. The van der Waals surface area contributed by atoms with Crippen LogP contribution in [0.3, 0.4) is 0 Å². The summed E-state index contributed by atoms with van der Waals surface area (Å²) in [6, 6.07) is 0. The summed E-state index contributed by atoms with van der Waals surface area (Å²) in [5.41, 5.74) is 0. The van der Waals surface area contributed by atoms with Crippen molar-refractivity contribution in [3.05, 3.63) is 0 Å². The highest BCUT2D eigenvalue weighted by atomic mass is 32.2. The molecule has 18 heavy (non-hydrogen) atoms. The molecule has 1 aliphatic rings. The first-order chi connectivity index (χ1) is 8.53. The third kappa shape index (κ3) is 6.68. The number of sulfone groups is 1. The molecule has 1 heterocycles. The Hall–Kier alpha value is -0.170. The van der Waals surface area contributed by atoms with Crippen molar-refractivity contribution in [3.8, 4) is 0 Å². The van der Waals surface area contributed by atoms with Crippen molar-refractivity contribution in [1.29, 1.82) is 0 Å². The van der Waals surface area contributed by atoms with Crippen molar-refractivity contribution in [2.24, 2.45) is 0 Å². The molecule has 1 aliphatic heterocycles. The zero-order valence-corrected chi connectivity index (χ0v) is 12.5. The molecule has 0 aromatic carbocycles. The molecule has 0 saturated carbocycles. The molecule has 0 spiro atoms. The lowest BCUT2D eigenvalue weighted by Gasteiger charge is -2.29. The van der Waals surface area contributed by atoms with Gasteiger partial charge in [-0.3, -0.25) is 4.90 Å². The van der Waals surface area contributed by atoms with Gasteiger partial charge in [0.05, 0.1) is 5.75 Å². The zero-order chi connectivity index (χ0) is 13.4. The van der Waals surface area contributed by atoms with E-state index in [0.29, 0.717) is 5.75 Å². The average Bonchev–Trinajstić information content (AvgIpc) is 2.37. The number of rotatable bonds is 8. The number of likely N-dealkylation sites (N-methyl/N-ethyl adjacent to an activating group) is 1. The summed E-state index contributed by atoms with van der Waals surface area (Å²) < 4.78 is 22.7. The average molecular weight is 277 g/mol. The lowest BCUT2D eigenvalue weighted by molar-refractivity contribution is 0.205. The molecule has 0 aromatic rings. The predicted octanol–water partition coefficient (Wildman–Crippen LogP) is -0.352. The fourth-order valence-electron chi connectivity index (χ4n) is 2.06. The first kappa shape index (κ1) is 15.9. The number of hydrogen-bond donors (Lipinski definition) is 1. The fourth-order valence-corrected chi connectivity index (χ4v) is 2.92. The van der Waals surface area contributed by atoms with Crippen LogP contribution in [0.15, 0.2) is 0 Å². The second kappa shape index (κ2) is 8.09. The van der Waals surface area contributed by atoms with Gasteiger partial charge in [0.1, 0.15) is 9.84 Å². The van der Waals surface area contributed by atoms with Crippen molar-refractivity contribution >= 4 is 9.84 Å². The Kier molecular flexibility index (Phi) is 7.14. The van der Waals surface area contributed by atoms with Gasteiger partial charge >= 0.3 is 0 Å². The molecule has 0 aromatic heterocycles. The Balaban J connectivity index is 2.08. The van der Waals surface area contributed by atoms with Gasteiger partial charge in [0.15, 0.2) is 0 Å². The van der Waals surface area contributed by atoms with Crippen molar-refractivity contribution in [2.75, 3.05) is 64.4 Å². The summed E-state index contributed by atoms with van der Waals surface area (Å²) in [6.45, 7) is 9.09. The Labute approximate surface area is 111 Å². The van der Waals surface area contributed by atoms with Crippen LogP contribution in [0.2, 0.25) is 0 Å². The predicted molar refractivity (Wildman–Crippen MR) is 75.8 cm³/mol. The van der Waals surface area contributed by atoms with Crippen LogP contribution in [0.25, 0.3) is 0 Å². The maximum absolute atomic E-state index is 11.4. The maximum Gasteiger partial charge on any atom is 0.150 e. The highest BCUT2D eigenvalue weighted by molar-refractivity contribution is 7.91. The quantitative estimate of drug-likeness (QED) is 0.657. The molecular weight excluding hydrogens is 250 g/mol. The van der Waals surface area contributed by atoms with Crippen molar-refractivity contribution in [2.45, 2.75) is 13.3 Å². The van der Waals surface area contributed by atoms with Gasteiger partial charge in [-0.05, 0) is 20.0 Å². The molecule has 0 unspecified atom stereocenters. The molecule has 0 aliphatic carbocycles. The second-order valence-corrected chi connectivity index (χ2v) is 7.46. The van der Waals surface area contributed by atoms with E-state index in [9.17, 15) is 8.42 Å². The van der Waals surface area contributed by atoms with Crippen LogP contribution in [0.4, 0.5) is 0 Å². The molecule has 1 N–H and O–H groups in total. The monoisotopic (exact) mass is 277 g/mol. The SMILES string of the molecule is CCS(=O)(=O)CCCN(C)CCN1CCNCC1. The fraction of sp³-hybridized carbons (Fsp3) is 1.00. The summed E-state index contributed by atoms with van der Waals surface area (Å²) in [5.74, 6) is 0.582. The molecule has 1 fully saturated rings. The first-order valence-electron chi connectivity index (χ1n) is 6.85. The molecule has 6 heteroatoms. The van der Waals surface area contributed by atoms with Crippen LogP contribution >= 0.6 is 0 Å². The molecule has 0 amide bonds. The molecule has 0 bridgehead atoms. The van der Waals surface area contributed by atoms with E-state index < -0.39 is 9.84 Å². The van der Waals surface area contributed by atoms with Crippen LogP contribution in [0.1, 0.15) is 13.3 Å². The van der Waals surface area contributed by atoms with Crippen LogP contribution in [-0.2, 0) is 9.84 Å². The summed E-state index contributed by atoms with van der Waals surface area (Å²) in [7, 11) is -0.726. The molecular formula is C12H27N3O2S. The third-order valence-electron chi connectivity index (χ3n) is 3.44. The lowest BCUT2D eigenvalue weighted by Crippen LogP contribution is -2.46. The Bertz CT molecular complexity index is 313. The van der Waals surface area contributed by atoms with Crippen LogP contribution in [-0.4, -0.2) is 82.6 Å². The first-order valence-corrected chi connectivity index (χ1v) is 8.67. The minimum absolute atomic E-state index is 0.261. The molecule has 108 valence electrons. The van der Waals surface area contributed by atoms with Crippen molar-refractivity contribution in [1.82, 2.24) is 15.1 Å². The van der Waals surface area contributed by atoms with Gasteiger partial charge in [-0.1, -0.05) is 6.92 Å². The normalized spacial score (nSPS) is 18.4.